The average molecular weight is 382 g/mol. The number of ketones is 1. The van der Waals surface area contributed by atoms with Crippen LogP contribution in [0.4, 0.5) is 0 Å². The van der Waals surface area contributed by atoms with E-state index in [1.165, 1.54) is 103 Å². The van der Waals surface area contributed by atoms with Gasteiger partial charge in [0.05, 0.1) is 0 Å². The predicted molar refractivity (Wildman–Crippen MR) is 122 cm³/mol. The fraction of sp³-hybridized carbons (Fsp3) is 0.960. The molecule has 0 saturated heterocycles. The monoisotopic (exact) mass is 381 g/mol. The van der Waals surface area contributed by atoms with Crippen molar-refractivity contribution in [3.05, 3.63) is 0 Å². The molecule has 0 spiro atoms. The highest BCUT2D eigenvalue weighted by atomic mass is 16.1. The molecule has 0 aromatic heterocycles. The maximum absolute atomic E-state index is 12.1. The van der Waals surface area contributed by atoms with Gasteiger partial charge < -0.3 is 4.90 Å². The Balaban J connectivity index is 3.46. The summed E-state index contributed by atoms with van der Waals surface area (Å²) in [6, 6.07) is 0. The van der Waals surface area contributed by atoms with E-state index in [1.807, 2.05) is 0 Å². The van der Waals surface area contributed by atoms with E-state index >= 15 is 0 Å². The van der Waals surface area contributed by atoms with E-state index in [9.17, 15) is 4.79 Å². The summed E-state index contributed by atoms with van der Waals surface area (Å²) in [4.78, 5) is 14.7. The Morgan fingerprint density at radius 1 is 0.481 bits per heavy atom. The Hall–Kier alpha value is -0.370. The van der Waals surface area contributed by atoms with Gasteiger partial charge >= 0.3 is 0 Å². The van der Waals surface area contributed by atoms with Gasteiger partial charge in [-0.15, -0.1) is 0 Å². The second kappa shape index (κ2) is 21.9. The summed E-state index contributed by atoms with van der Waals surface area (Å²) in [5.74, 6) is 0.497. The van der Waals surface area contributed by atoms with Crippen LogP contribution in [0.3, 0.4) is 0 Å². The fourth-order valence-electron chi connectivity index (χ4n) is 3.71. The number of nitrogens with zero attached hydrogens (tertiary/aromatic N) is 1. The van der Waals surface area contributed by atoms with Crippen molar-refractivity contribution in [1.29, 1.82) is 0 Å². The molecule has 2 nitrogen and oxygen atoms in total. The number of hydrogen-bond acceptors (Lipinski definition) is 2. The van der Waals surface area contributed by atoms with Gasteiger partial charge in [0, 0.05) is 12.8 Å². The van der Waals surface area contributed by atoms with Gasteiger partial charge in [0.2, 0.25) is 0 Å². The Labute approximate surface area is 171 Å². The van der Waals surface area contributed by atoms with Crippen molar-refractivity contribution in [3.8, 4) is 0 Å². The molecule has 27 heavy (non-hydrogen) atoms. The van der Waals surface area contributed by atoms with Gasteiger partial charge in [0.15, 0.2) is 0 Å². The smallest absolute Gasteiger partial charge is 0.132 e. The SMILES string of the molecule is CCCCCCCCCCCCCC(=O)CCCN(CCCC)CCCC. The first-order valence-electron chi connectivity index (χ1n) is 12.5. The molecule has 0 saturated carbocycles. The zero-order valence-electron chi connectivity index (χ0n) is 19.2. The lowest BCUT2D eigenvalue weighted by molar-refractivity contribution is -0.119. The average Bonchev–Trinajstić information content (AvgIpc) is 2.67. The quantitative estimate of drug-likeness (QED) is 0.177. The van der Waals surface area contributed by atoms with Crippen LogP contribution in [-0.2, 0) is 4.79 Å². The van der Waals surface area contributed by atoms with Crippen molar-refractivity contribution in [3.63, 3.8) is 0 Å². The van der Waals surface area contributed by atoms with E-state index in [4.69, 9.17) is 0 Å². The van der Waals surface area contributed by atoms with E-state index in [0.29, 0.717) is 5.78 Å². The van der Waals surface area contributed by atoms with Crippen LogP contribution in [0.2, 0.25) is 0 Å². The van der Waals surface area contributed by atoms with Crippen molar-refractivity contribution >= 4 is 5.78 Å². The van der Waals surface area contributed by atoms with Gasteiger partial charge in [0.1, 0.15) is 5.78 Å². The first-order chi connectivity index (χ1) is 13.2. The molecule has 162 valence electrons. The van der Waals surface area contributed by atoms with E-state index < -0.39 is 0 Å². The second-order valence-corrected chi connectivity index (χ2v) is 8.48. The highest BCUT2D eigenvalue weighted by molar-refractivity contribution is 5.78. The molecule has 0 bridgehead atoms. The Kier molecular flexibility index (Phi) is 21.6. The first-order valence-corrected chi connectivity index (χ1v) is 12.5. The number of carbonyl (C=O) groups is 1. The van der Waals surface area contributed by atoms with Crippen molar-refractivity contribution < 1.29 is 4.79 Å². The third kappa shape index (κ3) is 20.2. The molecule has 0 radical (unpaired) electrons. The summed E-state index contributed by atoms with van der Waals surface area (Å²) in [6.07, 6.45) is 22.7. The van der Waals surface area contributed by atoms with Gasteiger partial charge in [-0.05, 0) is 45.3 Å². The number of unbranched alkanes of at least 4 members (excludes halogenated alkanes) is 12. The van der Waals surface area contributed by atoms with Crippen molar-refractivity contribution in [1.82, 2.24) is 4.90 Å². The minimum atomic E-state index is 0.497. The van der Waals surface area contributed by atoms with E-state index in [0.717, 1.165) is 32.2 Å². The Bertz CT molecular complexity index is 295. The van der Waals surface area contributed by atoms with Gasteiger partial charge in [0.25, 0.3) is 0 Å². The first kappa shape index (κ1) is 26.6. The number of Topliss-reactive ketones (excluding diaryl/α,β-unsaturated/α-hetero) is 1. The summed E-state index contributed by atoms with van der Waals surface area (Å²) in [6.45, 7) is 10.3. The maximum Gasteiger partial charge on any atom is 0.132 e. The number of carbonyl (C=O) groups excluding carboxylic acids is 1. The lowest BCUT2D eigenvalue weighted by Gasteiger charge is -2.21. The second-order valence-electron chi connectivity index (χ2n) is 8.48. The minimum absolute atomic E-state index is 0.497. The molecular weight excluding hydrogens is 330 g/mol. The number of hydrogen-bond donors (Lipinski definition) is 0. The Morgan fingerprint density at radius 2 is 0.852 bits per heavy atom. The molecule has 0 aliphatic heterocycles. The molecule has 2 heteroatoms. The van der Waals surface area contributed by atoms with Crippen molar-refractivity contribution in [2.24, 2.45) is 0 Å². The highest BCUT2D eigenvalue weighted by Crippen LogP contribution is 2.12. The van der Waals surface area contributed by atoms with E-state index in [2.05, 4.69) is 25.7 Å². The molecule has 0 aromatic carbocycles. The molecule has 0 heterocycles. The summed E-state index contributed by atoms with van der Waals surface area (Å²) >= 11 is 0. The Morgan fingerprint density at radius 3 is 1.33 bits per heavy atom. The van der Waals surface area contributed by atoms with Crippen LogP contribution in [0.15, 0.2) is 0 Å². The van der Waals surface area contributed by atoms with Crippen LogP contribution in [-0.4, -0.2) is 30.3 Å². The maximum atomic E-state index is 12.1. The zero-order chi connectivity index (χ0) is 20.0. The molecule has 0 rings (SSSR count). The van der Waals surface area contributed by atoms with E-state index in [1.54, 1.807) is 0 Å². The van der Waals surface area contributed by atoms with Crippen LogP contribution in [0.5, 0.6) is 0 Å². The normalized spacial score (nSPS) is 11.4. The third-order valence-corrected chi connectivity index (χ3v) is 5.64. The van der Waals surface area contributed by atoms with Gasteiger partial charge in [-0.3, -0.25) is 4.79 Å². The lowest BCUT2D eigenvalue weighted by atomic mass is 10.0. The molecule has 0 aliphatic carbocycles. The molecule has 0 aliphatic rings. The minimum Gasteiger partial charge on any atom is -0.303 e. The molecular formula is C25H51NO. The zero-order valence-corrected chi connectivity index (χ0v) is 19.2. The van der Waals surface area contributed by atoms with Gasteiger partial charge in [-0.2, -0.15) is 0 Å². The summed E-state index contributed by atoms with van der Waals surface area (Å²) in [7, 11) is 0. The van der Waals surface area contributed by atoms with Crippen molar-refractivity contribution in [2.75, 3.05) is 19.6 Å². The molecule has 0 fully saturated rings. The number of rotatable bonds is 22. The summed E-state index contributed by atoms with van der Waals surface area (Å²) in [5.41, 5.74) is 0. The van der Waals surface area contributed by atoms with Crippen LogP contribution in [0, 0.1) is 0 Å². The van der Waals surface area contributed by atoms with Crippen LogP contribution in [0.1, 0.15) is 136 Å². The van der Waals surface area contributed by atoms with Crippen LogP contribution < -0.4 is 0 Å². The predicted octanol–water partition coefficient (Wildman–Crippen LogP) is 7.94. The molecule has 0 amide bonds. The fourth-order valence-corrected chi connectivity index (χ4v) is 3.71. The van der Waals surface area contributed by atoms with Crippen LogP contribution >= 0.6 is 0 Å². The highest BCUT2D eigenvalue weighted by Gasteiger charge is 2.06. The van der Waals surface area contributed by atoms with Crippen LogP contribution in [0.25, 0.3) is 0 Å². The topological polar surface area (TPSA) is 20.3 Å². The third-order valence-electron chi connectivity index (χ3n) is 5.64. The lowest BCUT2D eigenvalue weighted by Crippen LogP contribution is -2.27. The summed E-state index contributed by atoms with van der Waals surface area (Å²) in [5, 5.41) is 0. The van der Waals surface area contributed by atoms with Gasteiger partial charge in [-0.1, -0.05) is 97.8 Å². The molecule has 0 unspecified atom stereocenters. The molecule has 0 N–H and O–H groups in total. The molecule has 0 aromatic rings. The van der Waals surface area contributed by atoms with E-state index in [-0.39, 0.29) is 0 Å². The van der Waals surface area contributed by atoms with Crippen molar-refractivity contribution in [2.45, 2.75) is 136 Å². The molecule has 0 atom stereocenters. The van der Waals surface area contributed by atoms with Gasteiger partial charge in [-0.25, -0.2) is 0 Å². The standard InChI is InChI=1S/C25H51NO/c1-4-7-10-11-12-13-14-15-16-17-18-20-25(27)21-19-24-26(22-8-5-2)23-9-6-3/h4-24H2,1-3H3. The summed E-state index contributed by atoms with van der Waals surface area (Å²) < 4.78 is 0. The largest absolute Gasteiger partial charge is 0.303 e.